The summed E-state index contributed by atoms with van der Waals surface area (Å²) in [7, 11) is 0. The Labute approximate surface area is 119 Å². The number of benzene rings is 1. The third-order valence-corrected chi connectivity index (χ3v) is 3.33. The summed E-state index contributed by atoms with van der Waals surface area (Å²) in [6.07, 6.45) is 1.60. The zero-order chi connectivity index (χ0) is 13.8. The van der Waals surface area contributed by atoms with Crippen molar-refractivity contribution >= 4 is 17.3 Å². The normalized spacial score (nSPS) is 10.4. The molecule has 0 radical (unpaired) electrons. The standard InChI is InChI=1S/C14H11N3O2S/c18-14(11-6-7-20-9-11)19-8-13-15-10-17(16-13)12-4-2-1-3-5-12/h1-7,9-10H,8H2. The minimum Gasteiger partial charge on any atom is -0.454 e. The molecule has 3 rings (SSSR count). The summed E-state index contributed by atoms with van der Waals surface area (Å²) < 4.78 is 6.80. The second kappa shape index (κ2) is 5.66. The molecule has 0 atom stereocenters. The molecule has 0 bridgehead atoms. The summed E-state index contributed by atoms with van der Waals surface area (Å²) in [6.45, 7) is 0.0640. The van der Waals surface area contributed by atoms with Crippen LogP contribution in [0.25, 0.3) is 5.69 Å². The van der Waals surface area contributed by atoms with E-state index in [0.29, 0.717) is 11.4 Å². The summed E-state index contributed by atoms with van der Waals surface area (Å²) in [4.78, 5) is 15.8. The zero-order valence-corrected chi connectivity index (χ0v) is 11.3. The van der Waals surface area contributed by atoms with Crippen molar-refractivity contribution in [2.75, 3.05) is 0 Å². The molecule has 0 saturated heterocycles. The van der Waals surface area contributed by atoms with Crippen molar-refractivity contribution in [3.8, 4) is 5.69 Å². The van der Waals surface area contributed by atoms with Gasteiger partial charge < -0.3 is 4.74 Å². The number of hydrogen-bond donors (Lipinski definition) is 0. The SMILES string of the molecule is O=C(OCc1ncn(-c2ccccc2)n1)c1ccsc1. The van der Waals surface area contributed by atoms with Gasteiger partial charge in [-0.2, -0.15) is 11.3 Å². The quantitative estimate of drug-likeness (QED) is 0.692. The van der Waals surface area contributed by atoms with E-state index >= 15 is 0 Å². The van der Waals surface area contributed by atoms with Gasteiger partial charge in [0.15, 0.2) is 12.4 Å². The molecule has 3 aromatic rings. The predicted molar refractivity (Wildman–Crippen MR) is 74.8 cm³/mol. The van der Waals surface area contributed by atoms with E-state index in [1.54, 1.807) is 22.5 Å². The van der Waals surface area contributed by atoms with Crippen LogP contribution in [0.4, 0.5) is 0 Å². The van der Waals surface area contributed by atoms with Gasteiger partial charge in [-0.15, -0.1) is 5.10 Å². The number of para-hydroxylation sites is 1. The topological polar surface area (TPSA) is 57.0 Å². The molecular formula is C14H11N3O2S. The number of thiophene rings is 1. The molecule has 100 valence electrons. The maximum Gasteiger partial charge on any atom is 0.339 e. The summed E-state index contributed by atoms with van der Waals surface area (Å²) >= 11 is 1.45. The third-order valence-electron chi connectivity index (χ3n) is 2.65. The van der Waals surface area contributed by atoms with Crippen LogP contribution in [0.3, 0.4) is 0 Å². The van der Waals surface area contributed by atoms with Crippen molar-refractivity contribution < 1.29 is 9.53 Å². The Bertz CT molecular complexity index is 692. The van der Waals surface area contributed by atoms with Crippen LogP contribution in [-0.4, -0.2) is 20.7 Å². The van der Waals surface area contributed by atoms with Crippen molar-refractivity contribution in [1.29, 1.82) is 0 Å². The van der Waals surface area contributed by atoms with E-state index in [-0.39, 0.29) is 12.6 Å². The lowest BCUT2D eigenvalue weighted by molar-refractivity contribution is 0.0463. The largest absolute Gasteiger partial charge is 0.454 e. The van der Waals surface area contributed by atoms with E-state index in [2.05, 4.69) is 10.1 Å². The molecule has 0 spiro atoms. The highest BCUT2D eigenvalue weighted by Crippen LogP contribution is 2.09. The van der Waals surface area contributed by atoms with Crippen LogP contribution in [0, 0.1) is 0 Å². The monoisotopic (exact) mass is 285 g/mol. The third kappa shape index (κ3) is 2.75. The van der Waals surface area contributed by atoms with Gasteiger partial charge >= 0.3 is 5.97 Å². The van der Waals surface area contributed by atoms with Gasteiger partial charge in [-0.25, -0.2) is 14.5 Å². The van der Waals surface area contributed by atoms with Crippen molar-refractivity contribution in [2.45, 2.75) is 6.61 Å². The summed E-state index contributed by atoms with van der Waals surface area (Å²) in [5.74, 6) is 0.111. The highest BCUT2D eigenvalue weighted by Gasteiger charge is 2.09. The Morgan fingerprint density at radius 3 is 2.85 bits per heavy atom. The van der Waals surface area contributed by atoms with Gasteiger partial charge in [0.2, 0.25) is 0 Å². The predicted octanol–water partition coefficient (Wildman–Crippen LogP) is 2.69. The molecule has 0 N–H and O–H groups in total. The lowest BCUT2D eigenvalue weighted by Gasteiger charge is -2.00. The Kier molecular flexibility index (Phi) is 3.56. The average Bonchev–Trinajstić information content (AvgIpc) is 3.17. The van der Waals surface area contributed by atoms with E-state index in [1.165, 1.54) is 11.3 Å². The Balaban J connectivity index is 1.65. The van der Waals surface area contributed by atoms with Gasteiger partial charge in [0.1, 0.15) is 6.33 Å². The molecule has 0 fully saturated rings. The number of aromatic nitrogens is 3. The first-order valence-electron chi connectivity index (χ1n) is 5.98. The number of rotatable bonds is 4. The molecule has 2 heterocycles. The van der Waals surface area contributed by atoms with Gasteiger partial charge in [-0.1, -0.05) is 18.2 Å². The number of nitrogens with zero attached hydrogens (tertiary/aromatic N) is 3. The van der Waals surface area contributed by atoms with Gasteiger partial charge in [0.25, 0.3) is 0 Å². The molecule has 5 nitrogen and oxygen atoms in total. The number of carbonyl (C=O) groups is 1. The van der Waals surface area contributed by atoms with Crippen molar-refractivity contribution in [3.05, 3.63) is 64.9 Å². The summed E-state index contributed by atoms with van der Waals surface area (Å²) in [6, 6.07) is 11.4. The molecule has 0 saturated carbocycles. The fourth-order valence-corrected chi connectivity index (χ4v) is 2.29. The Morgan fingerprint density at radius 1 is 1.25 bits per heavy atom. The molecule has 0 aliphatic rings. The van der Waals surface area contributed by atoms with Crippen LogP contribution >= 0.6 is 11.3 Å². The fraction of sp³-hybridized carbons (Fsp3) is 0.0714. The van der Waals surface area contributed by atoms with E-state index in [1.807, 2.05) is 35.7 Å². The van der Waals surface area contributed by atoms with Crippen molar-refractivity contribution in [2.24, 2.45) is 0 Å². The molecule has 20 heavy (non-hydrogen) atoms. The van der Waals surface area contributed by atoms with Gasteiger partial charge in [0.05, 0.1) is 11.3 Å². The zero-order valence-electron chi connectivity index (χ0n) is 10.5. The van der Waals surface area contributed by atoms with Crippen LogP contribution < -0.4 is 0 Å². The van der Waals surface area contributed by atoms with Gasteiger partial charge in [-0.3, -0.25) is 0 Å². The maximum atomic E-state index is 11.7. The second-order valence-corrected chi connectivity index (χ2v) is 4.81. The fourth-order valence-electron chi connectivity index (χ4n) is 1.66. The Hall–Kier alpha value is -2.47. The molecule has 0 aliphatic heterocycles. The number of esters is 1. The number of ether oxygens (including phenoxy) is 1. The first kappa shape index (κ1) is 12.6. The minimum atomic E-state index is -0.359. The van der Waals surface area contributed by atoms with Crippen LogP contribution in [-0.2, 0) is 11.3 Å². The average molecular weight is 285 g/mol. The van der Waals surface area contributed by atoms with Crippen LogP contribution in [0.2, 0.25) is 0 Å². The van der Waals surface area contributed by atoms with Crippen molar-refractivity contribution in [3.63, 3.8) is 0 Å². The number of carbonyl (C=O) groups excluding carboxylic acids is 1. The van der Waals surface area contributed by atoms with E-state index < -0.39 is 0 Å². The number of hydrogen-bond acceptors (Lipinski definition) is 5. The maximum absolute atomic E-state index is 11.7. The van der Waals surface area contributed by atoms with E-state index in [0.717, 1.165) is 5.69 Å². The van der Waals surface area contributed by atoms with Gasteiger partial charge in [0, 0.05) is 5.38 Å². The lowest BCUT2D eigenvalue weighted by Crippen LogP contribution is -2.05. The smallest absolute Gasteiger partial charge is 0.339 e. The molecule has 0 amide bonds. The van der Waals surface area contributed by atoms with E-state index in [4.69, 9.17) is 4.74 Å². The summed E-state index contributed by atoms with van der Waals surface area (Å²) in [5.41, 5.74) is 1.47. The molecule has 6 heteroatoms. The van der Waals surface area contributed by atoms with E-state index in [9.17, 15) is 4.79 Å². The first-order chi connectivity index (χ1) is 9.83. The molecule has 2 aromatic heterocycles. The summed E-state index contributed by atoms with van der Waals surface area (Å²) in [5, 5.41) is 7.85. The molecular weight excluding hydrogens is 274 g/mol. The van der Waals surface area contributed by atoms with Crippen molar-refractivity contribution in [1.82, 2.24) is 14.8 Å². The molecule has 1 aromatic carbocycles. The minimum absolute atomic E-state index is 0.0640. The van der Waals surface area contributed by atoms with Crippen LogP contribution in [0.1, 0.15) is 16.2 Å². The second-order valence-electron chi connectivity index (χ2n) is 4.03. The lowest BCUT2D eigenvalue weighted by atomic mass is 10.3. The molecule has 0 aliphatic carbocycles. The highest BCUT2D eigenvalue weighted by atomic mass is 32.1. The van der Waals surface area contributed by atoms with Crippen LogP contribution in [0.15, 0.2) is 53.5 Å². The van der Waals surface area contributed by atoms with Gasteiger partial charge in [-0.05, 0) is 23.6 Å². The first-order valence-corrected chi connectivity index (χ1v) is 6.92. The van der Waals surface area contributed by atoms with Crippen LogP contribution in [0.5, 0.6) is 0 Å². The molecule has 0 unspecified atom stereocenters. The highest BCUT2D eigenvalue weighted by molar-refractivity contribution is 7.08. The Morgan fingerprint density at radius 2 is 2.10 bits per heavy atom.